The minimum absolute atomic E-state index is 0.131. The Morgan fingerprint density at radius 2 is 1.38 bits per heavy atom. The van der Waals surface area contributed by atoms with E-state index in [4.69, 9.17) is 0 Å². The zero-order valence-electron chi connectivity index (χ0n) is 14.6. The number of hydrogen-bond donors (Lipinski definition) is 1. The van der Waals surface area contributed by atoms with Crippen LogP contribution in [0.15, 0.2) is 48.5 Å². The summed E-state index contributed by atoms with van der Waals surface area (Å²) in [6, 6.07) is 17.4. The first-order valence-corrected chi connectivity index (χ1v) is 9.05. The smallest absolute Gasteiger partial charge is 0.134 e. The second-order valence-corrected chi connectivity index (χ2v) is 7.41. The van der Waals surface area contributed by atoms with Gasteiger partial charge in [-0.15, -0.1) is 21.5 Å². The molecule has 2 aromatic carbocycles. The second-order valence-electron chi connectivity index (χ2n) is 6.19. The van der Waals surface area contributed by atoms with E-state index in [0.29, 0.717) is 0 Å². The van der Waals surface area contributed by atoms with Crippen LogP contribution in [0.1, 0.15) is 51.3 Å². The molecule has 1 atom stereocenters. The van der Waals surface area contributed by atoms with Crippen LogP contribution < -0.4 is 5.32 Å². The van der Waals surface area contributed by atoms with Gasteiger partial charge in [-0.05, 0) is 49.9 Å². The molecule has 0 unspecified atom stereocenters. The highest BCUT2D eigenvalue weighted by atomic mass is 32.1. The molecule has 0 aliphatic carbocycles. The molecule has 3 aromatic rings. The van der Waals surface area contributed by atoms with Gasteiger partial charge in [-0.2, -0.15) is 0 Å². The van der Waals surface area contributed by atoms with Gasteiger partial charge in [0.2, 0.25) is 0 Å². The Morgan fingerprint density at radius 3 is 1.83 bits per heavy atom. The standard InChI is InChI=1S/C20H23N3S/c1-13-9-5-7-11-17(13)19(18-12-8-6-10-14(18)2)21-15(3)20-23-22-16(4)24-20/h5-12,15,19,21H,1-4H3/t15-/m0/s1. The topological polar surface area (TPSA) is 37.8 Å². The Labute approximate surface area is 147 Å². The molecule has 0 aliphatic heterocycles. The Bertz CT molecular complexity index is 780. The first-order chi connectivity index (χ1) is 11.6. The van der Waals surface area contributed by atoms with Gasteiger partial charge in [0, 0.05) is 0 Å². The SMILES string of the molecule is Cc1nnc([C@H](C)NC(c2ccccc2C)c2ccccc2C)s1. The molecule has 1 N–H and O–H groups in total. The molecule has 0 spiro atoms. The van der Waals surface area contributed by atoms with Crippen molar-refractivity contribution in [3.63, 3.8) is 0 Å². The summed E-state index contributed by atoms with van der Waals surface area (Å²) in [6.45, 7) is 8.49. The van der Waals surface area contributed by atoms with E-state index in [1.807, 2.05) is 6.92 Å². The van der Waals surface area contributed by atoms with Crippen molar-refractivity contribution in [1.29, 1.82) is 0 Å². The Morgan fingerprint density at radius 1 is 0.833 bits per heavy atom. The number of hydrogen-bond acceptors (Lipinski definition) is 4. The molecule has 24 heavy (non-hydrogen) atoms. The molecule has 0 saturated heterocycles. The number of rotatable bonds is 5. The summed E-state index contributed by atoms with van der Waals surface area (Å²) in [4.78, 5) is 0. The van der Waals surface area contributed by atoms with Gasteiger partial charge in [-0.3, -0.25) is 5.32 Å². The van der Waals surface area contributed by atoms with Crippen LogP contribution in [0.5, 0.6) is 0 Å². The first kappa shape index (κ1) is 16.8. The lowest BCUT2D eigenvalue weighted by molar-refractivity contribution is 0.509. The molecule has 0 radical (unpaired) electrons. The summed E-state index contributed by atoms with van der Waals surface area (Å²) >= 11 is 1.65. The van der Waals surface area contributed by atoms with Gasteiger partial charge in [0.05, 0.1) is 12.1 Å². The van der Waals surface area contributed by atoms with Gasteiger partial charge >= 0.3 is 0 Å². The van der Waals surface area contributed by atoms with Crippen LogP contribution in [0.2, 0.25) is 0 Å². The van der Waals surface area contributed by atoms with Gasteiger partial charge in [0.25, 0.3) is 0 Å². The summed E-state index contributed by atoms with van der Waals surface area (Å²) in [7, 11) is 0. The highest BCUT2D eigenvalue weighted by Crippen LogP contribution is 2.30. The lowest BCUT2D eigenvalue weighted by Gasteiger charge is -2.26. The number of aryl methyl sites for hydroxylation is 3. The quantitative estimate of drug-likeness (QED) is 0.719. The molecule has 0 bridgehead atoms. The monoisotopic (exact) mass is 337 g/mol. The molecule has 4 heteroatoms. The molecule has 0 saturated carbocycles. The fourth-order valence-corrected chi connectivity index (χ4v) is 3.69. The van der Waals surface area contributed by atoms with Crippen LogP contribution in [0, 0.1) is 20.8 Å². The molecule has 0 amide bonds. The fraction of sp³-hybridized carbons (Fsp3) is 0.300. The average molecular weight is 337 g/mol. The third kappa shape index (κ3) is 3.55. The summed E-state index contributed by atoms with van der Waals surface area (Å²) in [5.74, 6) is 0. The van der Waals surface area contributed by atoms with Crippen LogP contribution in [-0.2, 0) is 0 Å². The number of benzene rings is 2. The van der Waals surface area contributed by atoms with E-state index in [9.17, 15) is 0 Å². The summed E-state index contributed by atoms with van der Waals surface area (Å²) in [5.41, 5.74) is 5.19. The minimum atomic E-state index is 0.131. The predicted octanol–water partition coefficient (Wildman–Crippen LogP) is 4.90. The van der Waals surface area contributed by atoms with E-state index in [1.54, 1.807) is 11.3 Å². The molecular weight excluding hydrogens is 314 g/mol. The van der Waals surface area contributed by atoms with E-state index in [1.165, 1.54) is 22.3 Å². The number of nitrogens with one attached hydrogen (secondary N) is 1. The lowest BCUT2D eigenvalue weighted by Crippen LogP contribution is -2.26. The highest BCUT2D eigenvalue weighted by Gasteiger charge is 2.21. The van der Waals surface area contributed by atoms with E-state index < -0.39 is 0 Å². The van der Waals surface area contributed by atoms with Crippen LogP contribution >= 0.6 is 11.3 Å². The molecule has 1 heterocycles. The first-order valence-electron chi connectivity index (χ1n) is 8.23. The molecular formula is C20H23N3S. The Hall–Kier alpha value is -2.04. The molecule has 1 aromatic heterocycles. The predicted molar refractivity (Wildman–Crippen MR) is 100 cm³/mol. The summed E-state index contributed by atoms with van der Waals surface area (Å²) in [6.07, 6.45) is 0. The van der Waals surface area contributed by atoms with Gasteiger partial charge in [-0.1, -0.05) is 48.5 Å². The van der Waals surface area contributed by atoms with Gasteiger partial charge in [0.1, 0.15) is 10.0 Å². The zero-order chi connectivity index (χ0) is 17.1. The van der Waals surface area contributed by atoms with E-state index in [-0.39, 0.29) is 12.1 Å². The van der Waals surface area contributed by atoms with E-state index >= 15 is 0 Å². The second kappa shape index (κ2) is 7.24. The van der Waals surface area contributed by atoms with Crippen molar-refractivity contribution in [2.45, 2.75) is 39.8 Å². The van der Waals surface area contributed by atoms with Gasteiger partial charge < -0.3 is 0 Å². The number of nitrogens with zero attached hydrogens (tertiary/aromatic N) is 2. The van der Waals surface area contributed by atoms with Crippen LogP contribution in [0.25, 0.3) is 0 Å². The maximum Gasteiger partial charge on any atom is 0.134 e. The molecule has 124 valence electrons. The summed E-state index contributed by atoms with van der Waals surface area (Å²) in [5, 5.41) is 14.3. The molecule has 0 fully saturated rings. The largest absolute Gasteiger partial charge is 0.297 e. The van der Waals surface area contributed by atoms with Crippen molar-refractivity contribution in [1.82, 2.24) is 15.5 Å². The molecule has 3 rings (SSSR count). The maximum atomic E-state index is 4.31. The normalized spacial score (nSPS) is 12.5. The Kier molecular flexibility index (Phi) is 5.07. The van der Waals surface area contributed by atoms with E-state index in [2.05, 4.69) is 84.8 Å². The lowest BCUT2D eigenvalue weighted by atomic mass is 9.91. The third-order valence-corrected chi connectivity index (χ3v) is 5.35. The van der Waals surface area contributed by atoms with Crippen molar-refractivity contribution >= 4 is 11.3 Å². The van der Waals surface area contributed by atoms with Crippen molar-refractivity contribution in [2.75, 3.05) is 0 Å². The number of aromatic nitrogens is 2. The van der Waals surface area contributed by atoms with Crippen LogP contribution in [-0.4, -0.2) is 10.2 Å². The van der Waals surface area contributed by atoms with Gasteiger partial charge in [-0.25, -0.2) is 0 Å². The van der Waals surface area contributed by atoms with E-state index in [0.717, 1.165) is 10.0 Å². The van der Waals surface area contributed by atoms with Crippen molar-refractivity contribution < 1.29 is 0 Å². The fourth-order valence-electron chi connectivity index (χ4n) is 2.98. The van der Waals surface area contributed by atoms with Crippen LogP contribution in [0.4, 0.5) is 0 Å². The summed E-state index contributed by atoms with van der Waals surface area (Å²) < 4.78 is 0. The van der Waals surface area contributed by atoms with Crippen molar-refractivity contribution in [3.05, 3.63) is 80.8 Å². The molecule has 0 aliphatic rings. The average Bonchev–Trinajstić information content (AvgIpc) is 3.01. The zero-order valence-corrected chi connectivity index (χ0v) is 15.4. The molecule has 3 nitrogen and oxygen atoms in total. The van der Waals surface area contributed by atoms with Crippen molar-refractivity contribution in [3.8, 4) is 0 Å². The Balaban J connectivity index is 1.99. The van der Waals surface area contributed by atoms with Crippen LogP contribution in [0.3, 0.4) is 0 Å². The van der Waals surface area contributed by atoms with Crippen molar-refractivity contribution in [2.24, 2.45) is 0 Å². The highest BCUT2D eigenvalue weighted by molar-refractivity contribution is 7.11. The minimum Gasteiger partial charge on any atom is -0.297 e. The maximum absolute atomic E-state index is 4.31. The van der Waals surface area contributed by atoms with Gasteiger partial charge in [0.15, 0.2) is 0 Å². The third-order valence-electron chi connectivity index (χ3n) is 4.33.